The second-order valence-corrected chi connectivity index (χ2v) is 7.62. The van der Waals surface area contributed by atoms with Crippen LogP contribution in [0.1, 0.15) is 0 Å². The first-order chi connectivity index (χ1) is 5.86. The van der Waals surface area contributed by atoms with E-state index in [4.69, 9.17) is 5.73 Å². The molecule has 12 heavy (non-hydrogen) atoms. The maximum absolute atomic E-state index is 5.61. The normalized spacial score (nSPS) is 15.7. The van der Waals surface area contributed by atoms with E-state index in [9.17, 15) is 0 Å². The zero-order valence-electron chi connectivity index (χ0n) is 6.60. The standard InChI is InChI=1S/C10H10NTe/c11-9-3-5-10(6-4-9)12-7-1-2-8-12/h1-8H,11H2. The van der Waals surface area contributed by atoms with Gasteiger partial charge in [0.2, 0.25) is 0 Å². The first-order valence-electron chi connectivity index (χ1n) is 3.79. The zero-order chi connectivity index (χ0) is 8.39. The molecule has 1 heterocycles. The molecule has 1 aromatic rings. The first kappa shape index (κ1) is 7.91. The molecule has 0 unspecified atom stereocenters. The predicted molar refractivity (Wildman–Crippen MR) is 54.5 cm³/mol. The Bertz CT molecular complexity index is 312. The third-order valence-corrected chi connectivity index (χ3v) is 6.61. The number of nitrogen functional groups attached to an aromatic ring is 1. The van der Waals surface area contributed by atoms with Gasteiger partial charge >= 0.3 is 79.2 Å². The number of allylic oxidation sites excluding steroid dienone is 2. The predicted octanol–water partition coefficient (Wildman–Crippen LogP) is 1.18. The fourth-order valence-electron chi connectivity index (χ4n) is 1.09. The van der Waals surface area contributed by atoms with Crippen LogP contribution < -0.4 is 9.35 Å². The van der Waals surface area contributed by atoms with Crippen molar-refractivity contribution in [2.45, 2.75) is 0 Å². The maximum atomic E-state index is 5.61. The molecule has 1 nitrogen and oxygen atoms in total. The molecule has 2 heteroatoms. The molecule has 0 saturated heterocycles. The summed E-state index contributed by atoms with van der Waals surface area (Å²) in [6.45, 7) is 0. The number of anilines is 1. The summed E-state index contributed by atoms with van der Waals surface area (Å²) in [5.74, 6) is 0. The fourth-order valence-corrected chi connectivity index (χ4v) is 5.01. The van der Waals surface area contributed by atoms with Gasteiger partial charge in [0, 0.05) is 0 Å². The SMILES string of the molecule is Nc1ccc([Te]2C=CC=C2)cc1. The summed E-state index contributed by atoms with van der Waals surface area (Å²) < 4.78 is 6.15. The monoisotopic (exact) mass is 274 g/mol. The number of nitrogens with two attached hydrogens (primary N) is 1. The second-order valence-electron chi connectivity index (χ2n) is 2.60. The van der Waals surface area contributed by atoms with Crippen molar-refractivity contribution in [2.24, 2.45) is 0 Å². The Morgan fingerprint density at radius 3 is 2.08 bits per heavy atom. The summed E-state index contributed by atoms with van der Waals surface area (Å²) in [4.78, 5) is 0. The molecule has 2 rings (SSSR count). The minimum atomic E-state index is -1.17. The number of hydrogen-bond donors (Lipinski definition) is 1. The van der Waals surface area contributed by atoms with E-state index >= 15 is 0 Å². The summed E-state index contributed by atoms with van der Waals surface area (Å²) >= 11 is -1.17. The summed E-state index contributed by atoms with van der Waals surface area (Å²) in [5.41, 5.74) is 6.46. The van der Waals surface area contributed by atoms with Gasteiger partial charge in [0.1, 0.15) is 0 Å². The molecule has 0 bridgehead atoms. The fraction of sp³-hybridized carbons (Fsp3) is 0. The molecule has 0 aliphatic carbocycles. The number of rotatable bonds is 1. The van der Waals surface area contributed by atoms with Crippen LogP contribution in [0, 0.1) is 0 Å². The van der Waals surface area contributed by atoms with Crippen LogP contribution in [-0.4, -0.2) is 19.6 Å². The molecular formula is C10H10NTe. The van der Waals surface area contributed by atoms with Crippen LogP contribution in [0.4, 0.5) is 5.69 Å². The molecule has 0 spiro atoms. The van der Waals surface area contributed by atoms with Crippen molar-refractivity contribution in [1.82, 2.24) is 0 Å². The summed E-state index contributed by atoms with van der Waals surface area (Å²) in [6.07, 6.45) is 4.29. The van der Waals surface area contributed by atoms with E-state index in [-0.39, 0.29) is 0 Å². The first-order valence-corrected chi connectivity index (χ1v) is 7.64. The van der Waals surface area contributed by atoms with Crippen molar-refractivity contribution in [3.63, 3.8) is 0 Å². The van der Waals surface area contributed by atoms with Gasteiger partial charge in [0.25, 0.3) is 0 Å². The van der Waals surface area contributed by atoms with Crippen LogP contribution in [0.5, 0.6) is 0 Å². The van der Waals surface area contributed by atoms with E-state index < -0.39 is 19.6 Å². The average Bonchev–Trinajstić information content (AvgIpc) is 2.58. The summed E-state index contributed by atoms with van der Waals surface area (Å²) in [5, 5.41) is 0. The Balaban J connectivity index is 2.29. The molecule has 0 amide bonds. The quantitative estimate of drug-likeness (QED) is 0.602. The van der Waals surface area contributed by atoms with Gasteiger partial charge in [-0.2, -0.15) is 0 Å². The number of hydrogen-bond acceptors (Lipinski definition) is 1. The van der Waals surface area contributed by atoms with Crippen LogP contribution in [0.15, 0.2) is 44.7 Å². The van der Waals surface area contributed by atoms with E-state index in [2.05, 4.69) is 32.5 Å². The number of benzene rings is 1. The Hall–Kier alpha value is -0.710. The van der Waals surface area contributed by atoms with Gasteiger partial charge in [0.05, 0.1) is 0 Å². The van der Waals surface area contributed by atoms with E-state index in [1.807, 2.05) is 12.1 Å². The Kier molecular flexibility index (Phi) is 2.21. The van der Waals surface area contributed by atoms with E-state index in [1.165, 1.54) is 3.61 Å². The van der Waals surface area contributed by atoms with Gasteiger partial charge in [-0.3, -0.25) is 0 Å². The third kappa shape index (κ3) is 1.55. The van der Waals surface area contributed by atoms with Crippen LogP contribution in [0.2, 0.25) is 0 Å². The Morgan fingerprint density at radius 2 is 1.50 bits per heavy atom. The van der Waals surface area contributed by atoms with E-state index in [1.54, 1.807) is 0 Å². The molecule has 0 aromatic heterocycles. The van der Waals surface area contributed by atoms with Crippen LogP contribution in [0.25, 0.3) is 0 Å². The molecule has 0 saturated carbocycles. The van der Waals surface area contributed by atoms with Crippen LogP contribution in [0.3, 0.4) is 0 Å². The molecule has 1 radical (unpaired) electrons. The molecule has 61 valence electrons. The van der Waals surface area contributed by atoms with E-state index in [0.717, 1.165) is 5.69 Å². The van der Waals surface area contributed by atoms with Crippen molar-refractivity contribution >= 4 is 28.9 Å². The summed E-state index contributed by atoms with van der Waals surface area (Å²) in [6, 6.07) is 8.25. The average molecular weight is 272 g/mol. The molecule has 2 N–H and O–H groups in total. The van der Waals surface area contributed by atoms with Crippen LogP contribution >= 0.6 is 0 Å². The van der Waals surface area contributed by atoms with Crippen molar-refractivity contribution in [3.05, 3.63) is 44.7 Å². The van der Waals surface area contributed by atoms with Crippen LogP contribution in [-0.2, 0) is 0 Å². The third-order valence-electron chi connectivity index (χ3n) is 1.71. The van der Waals surface area contributed by atoms with Crippen molar-refractivity contribution < 1.29 is 0 Å². The molecule has 1 aliphatic rings. The van der Waals surface area contributed by atoms with Crippen molar-refractivity contribution in [3.8, 4) is 0 Å². The molecule has 1 aliphatic heterocycles. The van der Waals surface area contributed by atoms with Gasteiger partial charge in [0.15, 0.2) is 0 Å². The Labute approximate surface area is 79.2 Å². The van der Waals surface area contributed by atoms with Gasteiger partial charge in [-0.25, -0.2) is 0 Å². The van der Waals surface area contributed by atoms with Crippen molar-refractivity contribution in [1.29, 1.82) is 0 Å². The summed E-state index contributed by atoms with van der Waals surface area (Å²) in [7, 11) is 0. The molecule has 0 fully saturated rings. The van der Waals surface area contributed by atoms with Crippen molar-refractivity contribution in [2.75, 3.05) is 5.73 Å². The van der Waals surface area contributed by atoms with Gasteiger partial charge in [-0.05, 0) is 0 Å². The minimum absolute atomic E-state index is 0.851. The molecular weight excluding hydrogens is 262 g/mol. The molecule has 0 atom stereocenters. The van der Waals surface area contributed by atoms with Gasteiger partial charge in [-0.1, -0.05) is 0 Å². The topological polar surface area (TPSA) is 26.0 Å². The second kappa shape index (κ2) is 3.35. The van der Waals surface area contributed by atoms with Gasteiger partial charge in [-0.15, -0.1) is 0 Å². The zero-order valence-corrected chi connectivity index (χ0v) is 8.93. The van der Waals surface area contributed by atoms with Gasteiger partial charge < -0.3 is 0 Å². The molecule has 1 aromatic carbocycles. The Morgan fingerprint density at radius 1 is 0.917 bits per heavy atom. The van der Waals surface area contributed by atoms with E-state index in [0.29, 0.717) is 0 Å².